The molecule has 0 fully saturated rings. The lowest BCUT2D eigenvalue weighted by atomic mass is 9.96. The van der Waals surface area contributed by atoms with Crippen molar-refractivity contribution in [3.8, 4) is 11.3 Å². The minimum atomic E-state index is -0.516. The topological polar surface area (TPSA) is 71.1 Å². The van der Waals surface area contributed by atoms with Crippen LogP contribution in [0.2, 0.25) is 0 Å². The van der Waals surface area contributed by atoms with E-state index in [1.807, 2.05) is 11.4 Å². The van der Waals surface area contributed by atoms with Crippen LogP contribution in [0.1, 0.15) is 31.9 Å². The van der Waals surface area contributed by atoms with Crippen molar-refractivity contribution in [2.75, 3.05) is 11.9 Å². The average molecular weight is 345 g/mol. The fourth-order valence-corrected chi connectivity index (χ4v) is 2.69. The summed E-state index contributed by atoms with van der Waals surface area (Å²) in [6.07, 6.45) is 0. The number of nitrogens with zero attached hydrogens (tertiary/aromatic N) is 1. The predicted molar refractivity (Wildman–Crippen MR) is 98.1 cm³/mol. The van der Waals surface area contributed by atoms with Crippen LogP contribution in [0.25, 0.3) is 11.3 Å². The number of carbonyl (C=O) groups excluding carboxylic acids is 2. The summed E-state index contributed by atoms with van der Waals surface area (Å²) < 4.78 is 0. The monoisotopic (exact) mass is 345 g/mol. The van der Waals surface area contributed by atoms with Crippen molar-refractivity contribution in [3.63, 3.8) is 0 Å². The summed E-state index contributed by atoms with van der Waals surface area (Å²) in [5.41, 5.74) is 3.78. The Morgan fingerprint density at radius 3 is 2.50 bits per heavy atom. The molecule has 0 saturated carbocycles. The molecule has 1 aromatic carbocycles. The van der Waals surface area contributed by atoms with Crippen molar-refractivity contribution < 1.29 is 9.59 Å². The van der Waals surface area contributed by atoms with E-state index >= 15 is 0 Å². The molecule has 0 saturated heterocycles. The molecule has 0 radical (unpaired) electrons. The summed E-state index contributed by atoms with van der Waals surface area (Å²) in [5, 5.41) is 7.78. The van der Waals surface area contributed by atoms with Gasteiger partial charge in [0.15, 0.2) is 5.13 Å². The van der Waals surface area contributed by atoms with Gasteiger partial charge in [-0.05, 0) is 31.0 Å². The van der Waals surface area contributed by atoms with Crippen molar-refractivity contribution in [1.29, 1.82) is 0 Å². The van der Waals surface area contributed by atoms with Gasteiger partial charge in [-0.25, -0.2) is 4.98 Å². The third-order valence-corrected chi connectivity index (χ3v) is 4.40. The molecule has 0 spiro atoms. The molecule has 0 unspecified atom stereocenters. The summed E-state index contributed by atoms with van der Waals surface area (Å²) in [4.78, 5) is 28.1. The van der Waals surface area contributed by atoms with Gasteiger partial charge < -0.3 is 10.6 Å². The fourth-order valence-electron chi connectivity index (χ4n) is 1.95. The van der Waals surface area contributed by atoms with Crippen molar-refractivity contribution >= 4 is 28.3 Å². The molecule has 2 amide bonds. The van der Waals surface area contributed by atoms with Crippen LogP contribution >= 0.6 is 11.3 Å². The molecule has 24 heavy (non-hydrogen) atoms. The van der Waals surface area contributed by atoms with Gasteiger partial charge >= 0.3 is 0 Å². The van der Waals surface area contributed by atoms with Crippen LogP contribution in [0.4, 0.5) is 5.13 Å². The highest BCUT2D eigenvalue weighted by molar-refractivity contribution is 7.14. The van der Waals surface area contributed by atoms with E-state index in [4.69, 9.17) is 0 Å². The Hall–Kier alpha value is -2.21. The highest BCUT2D eigenvalue weighted by atomic mass is 32.1. The molecule has 0 bridgehead atoms. The highest BCUT2D eigenvalue weighted by Gasteiger charge is 2.21. The Morgan fingerprint density at radius 1 is 1.17 bits per heavy atom. The fraction of sp³-hybridized carbons (Fsp3) is 0.389. The zero-order chi connectivity index (χ0) is 17.9. The van der Waals surface area contributed by atoms with Crippen molar-refractivity contribution in [2.24, 2.45) is 5.41 Å². The van der Waals surface area contributed by atoms with E-state index in [0.29, 0.717) is 5.13 Å². The Balaban J connectivity index is 1.97. The first-order chi connectivity index (χ1) is 11.2. The molecule has 2 aromatic rings. The van der Waals surface area contributed by atoms with E-state index in [-0.39, 0.29) is 18.4 Å². The second kappa shape index (κ2) is 7.13. The number of anilines is 1. The first-order valence-electron chi connectivity index (χ1n) is 7.78. The molecule has 0 aliphatic rings. The molecule has 2 rings (SSSR count). The van der Waals surface area contributed by atoms with E-state index in [0.717, 1.165) is 11.3 Å². The van der Waals surface area contributed by atoms with Crippen LogP contribution in [0.5, 0.6) is 0 Å². The molecule has 5 nitrogen and oxygen atoms in total. The molecule has 0 aliphatic heterocycles. The average Bonchev–Trinajstić information content (AvgIpc) is 2.95. The lowest BCUT2D eigenvalue weighted by Crippen LogP contribution is -2.39. The van der Waals surface area contributed by atoms with Gasteiger partial charge in [0.05, 0.1) is 12.2 Å². The van der Waals surface area contributed by atoms with E-state index in [9.17, 15) is 9.59 Å². The number of rotatable bonds is 4. The van der Waals surface area contributed by atoms with Gasteiger partial charge in [-0.15, -0.1) is 11.3 Å². The Labute approximate surface area is 146 Å². The number of hydrogen-bond donors (Lipinski definition) is 2. The molecule has 0 aliphatic carbocycles. The van der Waals surface area contributed by atoms with E-state index in [1.54, 1.807) is 20.8 Å². The SMILES string of the molecule is Cc1ccc(-c2csc(NC(=O)CNC(=O)C(C)(C)C)n2)cc1C. The Morgan fingerprint density at radius 2 is 1.88 bits per heavy atom. The minimum absolute atomic E-state index is 0.0609. The predicted octanol–water partition coefficient (Wildman–Crippen LogP) is 3.53. The van der Waals surface area contributed by atoms with Gasteiger partial charge in [0.25, 0.3) is 0 Å². The molecule has 6 heteroatoms. The van der Waals surface area contributed by atoms with Crippen LogP contribution < -0.4 is 10.6 Å². The first-order valence-corrected chi connectivity index (χ1v) is 8.66. The lowest BCUT2D eigenvalue weighted by Gasteiger charge is -2.17. The molecule has 2 N–H and O–H groups in total. The van der Waals surface area contributed by atoms with Gasteiger partial charge in [-0.2, -0.15) is 0 Å². The number of aromatic nitrogens is 1. The summed E-state index contributed by atoms with van der Waals surface area (Å²) in [6, 6.07) is 6.16. The zero-order valence-corrected chi connectivity index (χ0v) is 15.5. The van der Waals surface area contributed by atoms with Gasteiger partial charge in [0, 0.05) is 16.4 Å². The second-order valence-corrected chi connectivity index (χ2v) is 7.68. The minimum Gasteiger partial charge on any atom is -0.347 e. The largest absolute Gasteiger partial charge is 0.347 e. The van der Waals surface area contributed by atoms with Crippen molar-refractivity contribution in [3.05, 3.63) is 34.7 Å². The molecule has 0 atom stereocenters. The quantitative estimate of drug-likeness (QED) is 0.890. The van der Waals surface area contributed by atoms with Crippen LogP contribution in [0.3, 0.4) is 0 Å². The number of nitrogens with one attached hydrogen (secondary N) is 2. The molecular formula is C18H23N3O2S. The van der Waals surface area contributed by atoms with E-state index < -0.39 is 5.41 Å². The Kier molecular flexibility index (Phi) is 5.39. The summed E-state index contributed by atoms with van der Waals surface area (Å²) in [6.45, 7) is 9.48. The smallest absolute Gasteiger partial charge is 0.245 e. The maximum absolute atomic E-state index is 11.9. The first kappa shape index (κ1) is 18.1. The van der Waals surface area contributed by atoms with Crippen LogP contribution in [0, 0.1) is 19.3 Å². The van der Waals surface area contributed by atoms with Crippen molar-refractivity contribution in [1.82, 2.24) is 10.3 Å². The standard InChI is InChI=1S/C18H23N3O2S/c1-11-6-7-13(8-12(11)2)14-10-24-17(20-14)21-15(22)9-19-16(23)18(3,4)5/h6-8,10H,9H2,1-5H3,(H,19,23)(H,20,21,22). The van der Waals surface area contributed by atoms with E-state index in [2.05, 4.69) is 41.6 Å². The number of thiazole rings is 1. The Bertz CT molecular complexity index is 760. The van der Waals surface area contributed by atoms with Gasteiger partial charge in [0.1, 0.15) is 0 Å². The normalized spacial score (nSPS) is 11.2. The number of benzene rings is 1. The van der Waals surface area contributed by atoms with E-state index in [1.165, 1.54) is 22.5 Å². The summed E-state index contributed by atoms with van der Waals surface area (Å²) >= 11 is 1.37. The third-order valence-electron chi connectivity index (χ3n) is 3.64. The number of aryl methyl sites for hydroxylation is 2. The zero-order valence-electron chi connectivity index (χ0n) is 14.7. The summed E-state index contributed by atoms with van der Waals surface area (Å²) in [7, 11) is 0. The summed E-state index contributed by atoms with van der Waals surface area (Å²) in [5.74, 6) is -0.443. The van der Waals surface area contributed by atoms with Crippen LogP contribution in [-0.2, 0) is 9.59 Å². The van der Waals surface area contributed by atoms with Gasteiger partial charge in [-0.1, -0.05) is 32.9 Å². The number of carbonyl (C=O) groups is 2. The van der Waals surface area contributed by atoms with Crippen LogP contribution in [-0.4, -0.2) is 23.3 Å². The molecule has 128 valence electrons. The molecule has 1 heterocycles. The lowest BCUT2D eigenvalue weighted by molar-refractivity contribution is -0.130. The van der Waals surface area contributed by atoms with Crippen LogP contribution in [0.15, 0.2) is 23.6 Å². The van der Waals surface area contributed by atoms with Gasteiger partial charge in [-0.3, -0.25) is 9.59 Å². The highest BCUT2D eigenvalue weighted by Crippen LogP contribution is 2.26. The number of hydrogen-bond acceptors (Lipinski definition) is 4. The maximum atomic E-state index is 11.9. The third kappa shape index (κ3) is 4.64. The molecule has 1 aromatic heterocycles. The molecular weight excluding hydrogens is 322 g/mol. The number of amides is 2. The second-order valence-electron chi connectivity index (χ2n) is 6.82. The van der Waals surface area contributed by atoms with Gasteiger partial charge in [0.2, 0.25) is 11.8 Å². The van der Waals surface area contributed by atoms with Crippen molar-refractivity contribution in [2.45, 2.75) is 34.6 Å². The maximum Gasteiger partial charge on any atom is 0.245 e.